The summed E-state index contributed by atoms with van der Waals surface area (Å²) in [4.78, 5) is 7.10. The van der Waals surface area contributed by atoms with Crippen molar-refractivity contribution in [1.29, 1.82) is 0 Å². The van der Waals surface area contributed by atoms with Gasteiger partial charge in [-0.25, -0.2) is 9.38 Å². The Labute approximate surface area is 195 Å². The number of aryl methyl sites for hydroxylation is 1. The molecule has 6 nitrogen and oxygen atoms in total. The van der Waals surface area contributed by atoms with Gasteiger partial charge in [0.15, 0.2) is 5.96 Å². The Balaban J connectivity index is 0.00000320. The Morgan fingerprint density at radius 1 is 1.17 bits per heavy atom. The number of benzene rings is 1. The van der Waals surface area contributed by atoms with Crippen LogP contribution in [0.5, 0.6) is 0 Å². The molecule has 1 saturated heterocycles. The molecule has 0 bridgehead atoms. The second kappa shape index (κ2) is 13.6. The maximum absolute atomic E-state index is 13.5. The molecule has 1 aromatic carbocycles. The third-order valence-electron chi connectivity index (χ3n) is 4.93. The van der Waals surface area contributed by atoms with Crippen LogP contribution in [-0.4, -0.2) is 56.8 Å². The molecule has 0 radical (unpaired) electrons. The molecule has 0 saturated carbocycles. The van der Waals surface area contributed by atoms with E-state index in [-0.39, 0.29) is 29.8 Å². The zero-order chi connectivity index (χ0) is 20.3. The van der Waals surface area contributed by atoms with Crippen molar-refractivity contribution in [2.75, 3.05) is 45.9 Å². The Kier molecular flexibility index (Phi) is 11.2. The number of aliphatic imine (C=N–C) groups is 1. The molecule has 2 aromatic rings. The Morgan fingerprint density at radius 3 is 2.70 bits per heavy atom. The van der Waals surface area contributed by atoms with Gasteiger partial charge in [0.25, 0.3) is 0 Å². The summed E-state index contributed by atoms with van der Waals surface area (Å²) in [5.41, 5.74) is 1.63. The molecule has 8 heteroatoms. The fourth-order valence-electron chi connectivity index (χ4n) is 3.24. The van der Waals surface area contributed by atoms with E-state index in [1.807, 2.05) is 18.2 Å². The van der Waals surface area contributed by atoms with Gasteiger partial charge in [-0.05, 0) is 49.2 Å². The molecule has 1 aliphatic rings. The molecule has 3 rings (SSSR count). The number of furan rings is 1. The van der Waals surface area contributed by atoms with Gasteiger partial charge in [-0.3, -0.25) is 4.90 Å². The minimum atomic E-state index is -0.184. The quantitative estimate of drug-likeness (QED) is 0.226. The first-order valence-corrected chi connectivity index (χ1v) is 10.3. The minimum Gasteiger partial charge on any atom is -0.469 e. The normalized spacial score (nSPS) is 14.9. The summed E-state index contributed by atoms with van der Waals surface area (Å²) < 4.78 is 24.3. The number of morpholine rings is 1. The van der Waals surface area contributed by atoms with Gasteiger partial charge in [-0.15, -0.1) is 24.0 Å². The summed E-state index contributed by atoms with van der Waals surface area (Å²) in [6.07, 6.45) is 3.51. The van der Waals surface area contributed by atoms with Crippen molar-refractivity contribution in [1.82, 2.24) is 15.5 Å². The molecular formula is C22H32FIN4O2. The van der Waals surface area contributed by atoms with Crippen LogP contribution in [0.1, 0.15) is 23.3 Å². The molecule has 1 fully saturated rings. The predicted molar refractivity (Wildman–Crippen MR) is 128 cm³/mol. The molecule has 1 aromatic heterocycles. The largest absolute Gasteiger partial charge is 0.469 e. The first-order chi connectivity index (χ1) is 14.2. The summed E-state index contributed by atoms with van der Waals surface area (Å²) >= 11 is 0. The maximum atomic E-state index is 13.5. The van der Waals surface area contributed by atoms with Gasteiger partial charge < -0.3 is 19.8 Å². The summed E-state index contributed by atoms with van der Waals surface area (Å²) in [7, 11) is 0. The van der Waals surface area contributed by atoms with E-state index in [4.69, 9.17) is 9.15 Å². The van der Waals surface area contributed by atoms with Crippen molar-refractivity contribution in [3.05, 3.63) is 59.3 Å². The molecule has 1 aliphatic heterocycles. The molecule has 0 unspecified atom stereocenters. The number of hydrogen-bond donors (Lipinski definition) is 2. The van der Waals surface area contributed by atoms with Crippen LogP contribution >= 0.6 is 24.0 Å². The summed E-state index contributed by atoms with van der Waals surface area (Å²) in [5.74, 6) is 1.52. The fraction of sp³-hybridized carbons (Fsp3) is 0.500. The standard InChI is InChI=1S/C22H31FN4O2.HI/c1-18-16-19(5-6-21(18)23)17-26-22(25-9-7-20-4-2-13-29-20)24-8-3-10-27-11-14-28-15-12-27;/h2,4-6,13,16H,3,7-12,14-15,17H2,1H3,(H2,24,25,26);1H. The van der Waals surface area contributed by atoms with Crippen LogP contribution in [0.4, 0.5) is 4.39 Å². The molecule has 30 heavy (non-hydrogen) atoms. The molecule has 0 atom stereocenters. The zero-order valence-electron chi connectivity index (χ0n) is 17.5. The third kappa shape index (κ3) is 8.61. The van der Waals surface area contributed by atoms with Crippen LogP contribution in [-0.2, 0) is 17.7 Å². The van der Waals surface area contributed by atoms with Gasteiger partial charge in [0.1, 0.15) is 11.6 Å². The predicted octanol–water partition coefficient (Wildman–Crippen LogP) is 3.35. The van der Waals surface area contributed by atoms with Crippen LogP contribution < -0.4 is 10.6 Å². The van der Waals surface area contributed by atoms with Crippen LogP contribution in [0, 0.1) is 12.7 Å². The van der Waals surface area contributed by atoms with Crippen molar-refractivity contribution < 1.29 is 13.5 Å². The highest BCUT2D eigenvalue weighted by Gasteiger charge is 2.09. The van der Waals surface area contributed by atoms with Crippen LogP contribution in [0.25, 0.3) is 0 Å². The van der Waals surface area contributed by atoms with E-state index >= 15 is 0 Å². The number of nitrogens with one attached hydrogen (secondary N) is 2. The number of ether oxygens (including phenoxy) is 1. The average molecular weight is 530 g/mol. The highest BCUT2D eigenvalue weighted by Crippen LogP contribution is 2.10. The maximum Gasteiger partial charge on any atom is 0.191 e. The number of hydrogen-bond acceptors (Lipinski definition) is 4. The van der Waals surface area contributed by atoms with Crippen molar-refractivity contribution >= 4 is 29.9 Å². The molecular weight excluding hydrogens is 498 g/mol. The van der Waals surface area contributed by atoms with Crippen LogP contribution in [0.15, 0.2) is 46.0 Å². The fourth-order valence-corrected chi connectivity index (χ4v) is 3.24. The minimum absolute atomic E-state index is 0. The Hall–Kier alpha value is -1.65. The highest BCUT2D eigenvalue weighted by atomic mass is 127. The number of rotatable bonds is 9. The average Bonchev–Trinajstić information content (AvgIpc) is 3.25. The second-order valence-electron chi connectivity index (χ2n) is 7.24. The second-order valence-corrected chi connectivity index (χ2v) is 7.24. The number of nitrogens with zero attached hydrogens (tertiary/aromatic N) is 2. The molecule has 0 amide bonds. The molecule has 166 valence electrons. The Morgan fingerprint density at radius 2 is 1.97 bits per heavy atom. The first-order valence-electron chi connectivity index (χ1n) is 10.3. The van der Waals surface area contributed by atoms with Gasteiger partial charge in [-0.2, -0.15) is 0 Å². The van der Waals surface area contributed by atoms with E-state index in [1.165, 1.54) is 6.07 Å². The van der Waals surface area contributed by atoms with E-state index in [0.717, 1.165) is 76.1 Å². The molecule has 0 aliphatic carbocycles. The van der Waals surface area contributed by atoms with Gasteiger partial charge in [0.05, 0.1) is 26.0 Å². The lowest BCUT2D eigenvalue weighted by Crippen LogP contribution is -2.41. The van der Waals surface area contributed by atoms with Crippen LogP contribution in [0.2, 0.25) is 0 Å². The first kappa shape index (κ1) is 24.6. The van der Waals surface area contributed by atoms with Crippen molar-refractivity contribution in [3.63, 3.8) is 0 Å². The molecule has 2 heterocycles. The van der Waals surface area contributed by atoms with Gasteiger partial charge in [0, 0.05) is 32.6 Å². The third-order valence-corrected chi connectivity index (χ3v) is 4.93. The monoisotopic (exact) mass is 530 g/mol. The number of halogens is 2. The number of guanidine groups is 1. The van der Waals surface area contributed by atoms with E-state index < -0.39 is 0 Å². The lowest BCUT2D eigenvalue weighted by Gasteiger charge is -2.26. The summed E-state index contributed by atoms with van der Waals surface area (Å²) in [5, 5.41) is 6.78. The Bertz CT molecular complexity index is 765. The van der Waals surface area contributed by atoms with E-state index in [0.29, 0.717) is 12.1 Å². The highest BCUT2D eigenvalue weighted by molar-refractivity contribution is 14.0. The summed E-state index contributed by atoms with van der Waals surface area (Å²) in [6.45, 7) is 8.55. The van der Waals surface area contributed by atoms with Crippen LogP contribution in [0.3, 0.4) is 0 Å². The van der Waals surface area contributed by atoms with Gasteiger partial charge in [0.2, 0.25) is 0 Å². The smallest absolute Gasteiger partial charge is 0.191 e. The topological polar surface area (TPSA) is 62.0 Å². The van der Waals surface area contributed by atoms with Crippen molar-refractivity contribution in [2.24, 2.45) is 4.99 Å². The van der Waals surface area contributed by atoms with E-state index in [2.05, 4.69) is 20.5 Å². The van der Waals surface area contributed by atoms with Crippen molar-refractivity contribution in [3.8, 4) is 0 Å². The lowest BCUT2D eigenvalue weighted by atomic mass is 10.1. The molecule has 0 spiro atoms. The zero-order valence-corrected chi connectivity index (χ0v) is 19.9. The SMILES string of the molecule is Cc1cc(CN=C(NCCCN2CCOCC2)NCCc2ccco2)ccc1F.I. The van der Waals surface area contributed by atoms with Crippen molar-refractivity contribution in [2.45, 2.75) is 26.3 Å². The van der Waals surface area contributed by atoms with E-state index in [1.54, 1.807) is 19.3 Å². The lowest BCUT2D eigenvalue weighted by molar-refractivity contribution is 0.0376. The molecule has 2 N–H and O–H groups in total. The van der Waals surface area contributed by atoms with Gasteiger partial charge in [-0.1, -0.05) is 12.1 Å². The van der Waals surface area contributed by atoms with E-state index in [9.17, 15) is 4.39 Å². The van der Waals surface area contributed by atoms with Gasteiger partial charge >= 0.3 is 0 Å². The summed E-state index contributed by atoms with van der Waals surface area (Å²) in [6, 6.07) is 8.99.